The number of halogens is 1. The zero-order valence-electron chi connectivity index (χ0n) is 13.2. The van der Waals surface area contributed by atoms with Gasteiger partial charge in [0.15, 0.2) is 0 Å². The van der Waals surface area contributed by atoms with Crippen molar-refractivity contribution in [2.75, 3.05) is 0 Å². The minimum Gasteiger partial charge on any atom is -0.337 e. The average molecular weight is 341 g/mol. The van der Waals surface area contributed by atoms with Gasteiger partial charge in [-0.3, -0.25) is 0 Å². The van der Waals surface area contributed by atoms with Crippen LogP contribution in [-0.2, 0) is 0 Å². The molecule has 2 aromatic carbocycles. The van der Waals surface area contributed by atoms with Crippen LogP contribution in [0.15, 0.2) is 53.1 Å². The van der Waals surface area contributed by atoms with Gasteiger partial charge in [0.2, 0.25) is 11.7 Å². The van der Waals surface area contributed by atoms with Gasteiger partial charge in [0.1, 0.15) is 6.04 Å². The highest BCUT2D eigenvalue weighted by molar-refractivity contribution is 6.30. The minimum atomic E-state index is -0.0163. The number of hydrazine groups is 1. The molecule has 0 spiro atoms. The number of aromatic nitrogens is 2. The molecule has 1 aromatic heterocycles. The van der Waals surface area contributed by atoms with E-state index in [0.717, 1.165) is 17.0 Å². The Balaban J connectivity index is 1.49. The van der Waals surface area contributed by atoms with Crippen molar-refractivity contribution >= 4 is 11.6 Å². The number of nitrogens with one attached hydrogen (secondary N) is 2. The van der Waals surface area contributed by atoms with Crippen LogP contribution in [0.2, 0.25) is 5.02 Å². The first kappa shape index (κ1) is 15.3. The number of aryl methyl sites for hydroxylation is 1. The van der Waals surface area contributed by atoms with Crippen LogP contribution in [0.25, 0.3) is 11.4 Å². The van der Waals surface area contributed by atoms with Crippen LogP contribution in [0, 0.1) is 6.92 Å². The summed E-state index contributed by atoms with van der Waals surface area (Å²) in [6.07, 6.45) is 0.831. The lowest BCUT2D eigenvalue weighted by atomic mass is 10.0. The van der Waals surface area contributed by atoms with Crippen LogP contribution in [-0.4, -0.2) is 10.1 Å². The van der Waals surface area contributed by atoms with Crippen LogP contribution in [0.1, 0.15) is 35.5 Å². The zero-order chi connectivity index (χ0) is 16.5. The summed E-state index contributed by atoms with van der Waals surface area (Å²) in [6.45, 7) is 2.05. The van der Waals surface area contributed by atoms with E-state index in [-0.39, 0.29) is 12.1 Å². The molecule has 5 nitrogen and oxygen atoms in total. The Kier molecular flexibility index (Phi) is 4.06. The second kappa shape index (κ2) is 6.36. The average Bonchev–Trinajstić information content (AvgIpc) is 3.25. The zero-order valence-corrected chi connectivity index (χ0v) is 13.9. The van der Waals surface area contributed by atoms with Gasteiger partial charge in [0.25, 0.3) is 0 Å². The molecular formula is C18H17ClN4O. The third kappa shape index (κ3) is 3.06. The van der Waals surface area contributed by atoms with Crippen LogP contribution in [0.5, 0.6) is 0 Å². The minimum absolute atomic E-state index is 0.0163. The van der Waals surface area contributed by atoms with Gasteiger partial charge in [0.05, 0.1) is 0 Å². The monoisotopic (exact) mass is 340 g/mol. The molecule has 2 heterocycles. The lowest BCUT2D eigenvalue weighted by molar-refractivity contribution is 0.340. The van der Waals surface area contributed by atoms with Crippen molar-refractivity contribution < 1.29 is 4.52 Å². The van der Waals surface area contributed by atoms with Crippen LogP contribution < -0.4 is 10.9 Å². The number of nitrogens with zero attached hydrogens (tertiary/aromatic N) is 2. The first-order valence-corrected chi connectivity index (χ1v) is 8.24. The maximum absolute atomic E-state index is 5.94. The molecule has 4 rings (SSSR count). The van der Waals surface area contributed by atoms with Gasteiger partial charge < -0.3 is 4.52 Å². The van der Waals surface area contributed by atoms with Gasteiger partial charge in [-0.15, -0.1) is 0 Å². The van der Waals surface area contributed by atoms with Crippen molar-refractivity contribution in [1.82, 2.24) is 21.0 Å². The second-order valence-electron chi connectivity index (χ2n) is 6.00. The highest BCUT2D eigenvalue weighted by Crippen LogP contribution is 2.31. The third-order valence-electron chi connectivity index (χ3n) is 4.23. The Morgan fingerprint density at radius 3 is 2.46 bits per heavy atom. The molecule has 1 aliphatic heterocycles. The van der Waals surface area contributed by atoms with Gasteiger partial charge in [-0.1, -0.05) is 58.7 Å². The largest absolute Gasteiger partial charge is 0.337 e. The quantitative estimate of drug-likeness (QED) is 0.755. The Labute approximate surface area is 145 Å². The van der Waals surface area contributed by atoms with Crippen molar-refractivity contribution in [2.24, 2.45) is 0 Å². The van der Waals surface area contributed by atoms with E-state index in [9.17, 15) is 0 Å². The third-order valence-corrected chi connectivity index (χ3v) is 4.48. The molecule has 122 valence electrons. The van der Waals surface area contributed by atoms with E-state index in [1.807, 2.05) is 48.5 Å². The van der Waals surface area contributed by atoms with E-state index >= 15 is 0 Å². The Hall–Kier alpha value is -2.21. The highest BCUT2D eigenvalue weighted by Gasteiger charge is 2.30. The SMILES string of the molecule is Cc1ccc(-c2noc(C3CC(c4ccc(Cl)cc4)NN3)n2)cc1. The highest BCUT2D eigenvalue weighted by atomic mass is 35.5. The number of hydrogen-bond acceptors (Lipinski definition) is 5. The number of hydrogen-bond donors (Lipinski definition) is 2. The fourth-order valence-corrected chi connectivity index (χ4v) is 2.95. The first-order chi connectivity index (χ1) is 11.7. The lowest BCUT2D eigenvalue weighted by Gasteiger charge is -2.08. The summed E-state index contributed by atoms with van der Waals surface area (Å²) in [4.78, 5) is 4.53. The van der Waals surface area contributed by atoms with Crippen LogP contribution in [0.3, 0.4) is 0 Å². The normalized spacial score (nSPS) is 20.4. The summed E-state index contributed by atoms with van der Waals surface area (Å²) in [5.74, 6) is 1.20. The molecule has 1 fully saturated rings. The molecule has 1 aliphatic rings. The Morgan fingerprint density at radius 1 is 1.00 bits per heavy atom. The molecule has 2 atom stereocenters. The van der Waals surface area contributed by atoms with E-state index < -0.39 is 0 Å². The molecule has 2 unspecified atom stereocenters. The fourth-order valence-electron chi connectivity index (χ4n) is 2.83. The van der Waals surface area contributed by atoms with Gasteiger partial charge >= 0.3 is 0 Å². The van der Waals surface area contributed by atoms with E-state index in [1.165, 1.54) is 11.1 Å². The molecule has 1 saturated heterocycles. The molecule has 3 aromatic rings. The number of rotatable bonds is 3. The maximum atomic E-state index is 5.94. The van der Waals surface area contributed by atoms with E-state index in [2.05, 4.69) is 27.9 Å². The van der Waals surface area contributed by atoms with Crippen LogP contribution >= 0.6 is 11.6 Å². The number of benzene rings is 2. The molecule has 0 bridgehead atoms. The van der Waals surface area contributed by atoms with E-state index in [4.69, 9.17) is 16.1 Å². The summed E-state index contributed by atoms with van der Waals surface area (Å²) >= 11 is 5.94. The summed E-state index contributed by atoms with van der Waals surface area (Å²) in [7, 11) is 0. The van der Waals surface area contributed by atoms with E-state index in [1.54, 1.807) is 0 Å². The molecular weight excluding hydrogens is 324 g/mol. The molecule has 0 saturated carbocycles. The van der Waals surface area contributed by atoms with Crippen molar-refractivity contribution in [3.8, 4) is 11.4 Å². The van der Waals surface area contributed by atoms with Crippen LogP contribution in [0.4, 0.5) is 0 Å². The van der Waals surface area contributed by atoms with Gasteiger partial charge in [-0.2, -0.15) is 4.98 Å². The van der Waals surface area contributed by atoms with Crippen molar-refractivity contribution in [3.63, 3.8) is 0 Å². The predicted octanol–water partition coefficient (Wildman–Crippen LogP) is 3.98. The maximum Gasteiger partial charge on any atom is 0.245 e. The van der Waals surface area contributed by atoms with E-state index in [0.29, 0.717) is 11.7 Å². The Bertz CT molecular complexity index is 829. The summed E-state index contributed by atoms with van der Waals surface area (Å²) in [6, 6.07) is 16.1. The summed E-state index contributed by atoms with van der Waals surface area (Å²) in [5, 5.41) is 4.84. The topological polar surface area (TPSA) is 63.0 Å². The van der Waals surface area contributed by atoms with Crippen molar-refractivity contribution in [2.45, 2.75) is 25.4 Å². The smallest absolute Gasteiger partial charge is 0.245 e. The van der Waals surface area contributed by atoms with Gasteiger partial charge in [-0.05, 0) is 31.0 Å². The second-order valence-corrected chi connectivity index (χ2v) is 6.44. The first-order valence-electron chi connectivity index (χ1n) is 7.86. The molecule has 0 radical (unpaired) electrons. The predicted molar refractivity (Wildman–Crippen MR) is 92.3 cm³/mol. The molecule has 6 heteroatoms. The molecule has 0 amide bonds. The standard InChI is InChI=1S/C18H17ClN4O/c1-11-2-4-13(5-3-11)17-20-18(24-23-17)16-10-15(21-22-16)12-6-8-14(19)9-7-12/h2-9,15-16,21-22H,10H2,1H3. The molecule has 24 heavy (non-hydrogen) atoms. The summed E-state index contributed by atoms with van der Waals surface area (Å²) in [5.41, 5.74) is 9.84. The molecule has 2 N–H and O–H groups in total. The van der Waals surface area contributed by atoms with Gasteiger partial charge in [0, 0.05) is 16.6 Å². The summed E-state index contributed by atoms with van der Waals surface area (Å²) < 4.78 is 5.45. The fraction of sp³-hybridized carbons (Fsp3) is 0.222. The molecule has 0 aliphatic carbocycles. The van der Waals surface area contributed by atoms with Crippen molar-refractivity contribution in [1.29, 1.82) is 0 Å². The van der Waals surface area contributed by atoms with Gasteiger partial charge in [-0.25, -0.2) is 10.9 Å². The lowest BCUT2D eigenvalue weighted by Crippen LogP contribution is -2.26. The Morgan fingerprint density at radius 2 is 1.71 bits per heavy atom. The van der Waals surface area contributed by atoms with Crippen molar-refractivity contribution in [3.05, 3.63) is 70.6 Å².